The summed E-state index contributed by atoms with van der Waals surface area (Å²) in [6.45, 7) is 9.40. The Hall–Kier alpha value is -0.790. The maximum atomic E-state index is 3.62. The van der Waals surface area contributed by atoms with Crippen molar-refractivity contribution in [2.45, 2.75) is 187 Å². The molecular weight excluding hydrogens is 412 g/mol. The van der Waals surface area contributed by atoms with Crippen molar-refractivity contribution in [1.82, 2.24) is 4.98 Å². The van der Waals surface area contributed by atoms with Crippen LogP contribution in [0, 0.1) is 0 Å². The van der Waals surface area contributed by atoms with Crippen molar-refractivity contribution in [3.8, 4) is 0 Å². The van der Waals surface area contributed by atoms with Gasteiger partial charge in [0.1, 0.15) is 12.4 Å². The van der Waals surface area contributed by atoms with E-state index in [1.165, 1.54) is 154 Å². The summed E-state index contributed by atoms with van der Waals surface area (Å²) in [6, 6.07) is 0.623. The zero-order valence-corrected chi connectivity index (χ0v) is 24.0. The first-order valence-electron chi connectivity index (χ1n) is 15.8. The Kier molecular flexibility index (Phi) is 20.8. The van der Waals surface area contributed by atoms with Crippen molar-refractivity contribution in [2.24, 2.45) is 0 Å². The van der Waals surface area contributed by atoms with Crippen molar-refractivity contribution in [2.75, 3.05) is 0 Å². The first-order chi connectivity index (χ1) is 16.7. The topological polar surface area (TPSA) is 19.7 Å². The van der Waals surface area contributed by atoms with E-state index in [1.807, 2.05) is 0 Å². The van der Waals surface area contributed by atoms with E-state index >= 15 is 0 Å². The second kappa shape index (κ2) is 22.7. The maximum Gasteiger partial charge on any atom is 0.257 e. The van der Waals surface area contributed by atoms with Gasteiger partial charge in [-0.25, -0.2) is 9.55 Å². The lowest BCUT2D eigenvalue weighted by atomic mass is 9.96. The van der Waals surface area contributed by atoms with E-state index in [0.717, 1.165) is 0 Å². The molecule has 1 N–H and O–H groups in total. The fourth-order valence-electron chi connectivity index (χ4n) is 5.55. The number of aromatic nitrogens is 2. The largest absolute Gasteiger partial charge is 0.257 e. The SMILES string of the molecule is CCCCCCCCCCCCCCCC(CC)c1[nH]cc[n+]1C(C)CCCCCCCCC. The fraction of sp³-hybridized carbons (Fsp3) is 0.906. The number of hydrogen-bond acceptors (Lipinski definition) is 0. The van der Waals surface area contributed by atoms with Crippen LogP contribution in [0.25, 0.3) is 0 Å². The van der Waals surface area contributed by atoms with Crippen molar-refractivity contribution >= 4 is 0 Å². The minimum atomic E-state index is 0.623. The predicted octanol–water partition coefficient (Wildman–Crippen LogP) is 11.0. The molecule has 1 heterocycles. The van der Waals surface area contributed by atoms with Gasteiger partial charge in [-0.15, -0.1) is 0 Å². The highest BCUT2D eigenvalue weighted by molar-refractivity contribution is 4.89. The van der Waals surface area contributed by atoms with Crippen LogP contribution in [0.4, 0.5) is 0 Å². The van der Waals surface area contributed by atoms with Crippen LogP contribution in [0.15, 0.2) is 12.4 Å². The molecule has 2 nitrogen and oxygen atoms in total. The highest BCUT2D eigenvalue weighted by atomic mass is 15.1. The molecule has 0 spiro atoms. The van der Waals surface area contributed by atoms with Crippen LogP contribution in [0.5, 0.6) is 0 Å². The van der Waals surface area contributed by atoms with Gasteiger partial charge in [-0.05, 0) is 32.6 Å². The first-order valence-corrected chi connectivity index (χ1v) is 15.8. The van der Waals surface area contributed by atoms with Crippen LogP contribution >= 0.6 is 0 Å². The minimum absolute atomic E-state index is 0.623. The number of hydrogen-bond donors (Lipinski definition) is 1. The lowest BCUT2D eigenvalue weighted by Crippen LogP contribution is -2.41. The molecule has 0 aliphatic heterocycles. The number of aromatic amines is 1. The minimum Gasteiger partial charge on any atom is -0.247 e. The molecule has 0 amide bonds. The molecule has 0 aliphatic carbocycles. The van der Waals surface area contributed by atoms with E-state index in [4.69, 9.17) is 0 Å². The molecule has 1 rings (SSSR count). The molecule has 0 saturated carbocycles. The summed E-state index contributed by atoms with van der Waals surface area (Å²) in [5.41, 5.74) is 0. The number of rotatable bonds is 25. The zero-order valence-electron chi connectivity index (χ0n) is 24.0. The molecule has 2 atom stereocenters. The number of nitrogens with zero attached hydrogens (tertiary/aromatic N) is 1. The number of nitrogens with one attached hydrogen (secondary N) is 1. The molecule has 2 heteroatoms. The normalized spacial score (nSPS) is 13.4. The molecule has 0 bridgehead atoms. The van der Waals surface area contributed by atoms with Crippen LogP contribution in [-0.4, -0.2) is 4.98 Å². The highest BCUT2D eigenvalue weighted by Gasteiger charge is 2.24. The summed E-state index contributed by atoms with van der Waals surface area (Å²) < 4.78 is 2.56. The predicted molar refractivity (Wildman–Crippen MR) is 152 cm³/mol. The van der Waals surface area contributed by atoms with E-state index in [1.54, 1.807) is 0 Å². The molecule has 0 radical (unpaired) electrons. The van der Waals surface area contributed by atoms with Crippen LogP contribution < -0.4 is 4.57 Å². The molecule has 0 aromatic carbocycles. The number of H-pyrrole nitrogens is 1. The summed E-state index contributed by atoms with van der Waals surface area (Å²) in [4.78, 5) is 3.62. The van der Waals surface area contributed by atoms with E-state index in [-0.39, 0.29) is 0 Å². The molecule has 200 valence electrons. The van der Waals surface area contributed by atoms with E-state index in [9.17, 15) is 0 Å². The Morgan fingerprint density at radius 1 is 0.588 bits per heavy atom. The average molecular weight is 476 g/mol. The van der Waals surface area contributed by atoms with Gasteiger partial charge in [0.15, 0.2) is 0 Å². The number of imidazole rings is 1. The van der Waals surface area contributed by atoms with Crippen molar-refractivity contribution in [3.63, 3.8) is 0 Å². The number of unbranched alkanes of at least 4 members (excludes halogenated alkanes) is 18. The van der Waals surface area contributed by atoms with Crippen molar-refractivity contribution < 1.29 is 4.57 Å². The lowest BCUT2D eigenvalue weighted by molar-refractivity contribution is -0.727. The van der Waals surface area contributed by atoms with Gasteiger partial charge in [0.25, 0.3) is 5.82 Å². The monoisotopic (exact) mass is 475 g/mol. The third kappa shape index (κ3) is 15.3. The van der Waals surface area contributed by atoms with Gasteiger partial charge in [-0.2, -0.15) is 0 Å². The van der Waals surface area contributed by atoms with E-state index in [0.29, 0.717) is 12.0 Å². The van der Waals surface area contributed by atoms with Gasteiger partial charge >= 0.3 is 0 Å². The van der Waals surface area contributed by atoms with Gasteiger partial charge in [0, 0.05) is 0 Å². The van der Waals surface area contributed by atoms with Gasteiger partial charge in [0.05, 0.1) is 12.0 Å². The summed E-state index contributed by atoms with van der Waals surface area (Å²) in [5, 5.41) is 0. The highest BCUT2D eigenvalue weighted by Crippen LogP contribution is 2.24. The fourth-order valence-corrected chi connectivity index (χ4v) is 5.55. The summed E-state index contributed by atoms with van der Waals surface area (Å²) in [5.74, 6) is 2.18. The van der Waals surface area contributed by atoms with Gasteiger partial charge in [-0.3, -0.25) is 0 Å². The quantitative estimate of drug-likeness (QED) is 0.107. The Balaban J connectivity index is 2.14. The molecule has 34 heavy (non-hydrogen) atoms. The van der Waals surface area contributed by atoms with E-state index in [2.05, 4.69) is 49.6 Å². The first kappa shape index (κ1) is 31.2. The van der Waals surface area contributed by atoms with Crippen LogP contribution in [0.2, 0.25) is 0 Å². The van der Waals surface area contributed by atoms with Gasteiger partial charge < -0.3 is 0 Å². The van der Waals surface area contributed by atoms with Gasteiger partial charge in [-0.1, -0.05) is 143 Å². The average Bonchev–Trinajstić information content (AvgIpc) is 3.33. The Labute approximate surface area is 215 Å². The molecule has 0 saturated heterocycles. The summed E-state index contributed by atoms with van der Waals surface area (Å²) >= 11 is 0. The third-order valence-corrected chi connectivity index (χ3v) is 7.98. The summed E-state index contributed by atoms with van der Waals surface area (Å²) in [6.07, 6.45) is 36.9. The Bertz CT molecular complexity index is 535. The third-order valence-electron chi connectivity index (χ3n) is 7.98. The van der Waals surface area contributed by atoms with Crippen molar-refractivity contribution in [3.05, 3.63) is 18.2 Å². The Morgan fingerprint density at radius 3 is 1.44 bits per heavy atom. The zero-order chi connectivity index (χ0) is 24.7. The van der Waals surface area contributed by atoms with E-state index < -0.39 is 0 Å². The van der Waals surface area contributed by atoms with Gasteiger partial charge in [0.2, 0.25) is 0 Å². The maximum absolute atomic E-state index is 3.62. The standard InChI is InChI=1S/C32H62N2/c1-5-8-10-12-14-15-16-17-18-19-21-23-25-27-31(7-3)32-33-28-29-34(32)30(4)26-24-22-20-13-11-9-6-2/h28-31H,5-27H2,1-4H3/p+1. The van der Waals surface area contributed by atoms with Crippen molar-refractivity contribution in [1.29, 1.82) is 0 Å². The van der Waals surface area contributed by atoms with Crippen LogP contribution in [-0.2, 0) is 0 Å². The molecular formula is C32H63N2+. The smallest absolute Gasteiger partial charge is 0.247 e. The second-order valence-electron chi connectivity index (χ2n) is 11.1. The molecule has 0 fully saturated rings. The molecule has 0 aliphatic rings. The summed E-state index contributed by atoms with van der Waals surface area (Å²) in [7, 11) is 0. The second-order valence-corrected chi connectivity index (χ2v) is 11.1. The van der Waals surface area contributed by atoms with Crippen LogP contribution in [0.3, 0.4) is 0 Å². The molecule has 1 aromatic heterocycles. The van der Waals surface area contributed by atoms with Crippen LogP contribution in [0.1, 0.15) is 193 Å². The molecule has 1 aromatic rings. The lowest BCUT2D eigenvalue weighted by Gasteiger charge is -2.16. The molecule has 2 unspecified atom stereocenters. The Morgan fingerprint density at radius 2 is 1.00 bits per heavy atom.